The van der Waals surface area contributed by atoms with Crippen LogP contribution in [0.1, 0.15) is 96.8 Å². The fourth-order valence-corrected chi connectivity index (χ4v) is 3.72. The van der Waals surface area contributed by atoms with Crippen LogP contribution in [0.15, 0.2) is 24.3 Å². The summed E-state index contributed by atoms with van der Waals surface area (Å²) in [6.45, 7) is 4.79. The number of benzene rings is 1. The number of hydrogen-bond acceptors (Lipinski definition) is 6. The minimum atomic E-state index is -0.125. The van der Waals surface area contributed by atoms with Gasteiger partial charge in [-0.25, -0.2) is 0 Å². The van der Waals surface area contributed by atoms with E-state index in [-0.39, 0.29) is 5.97 Å². The van der Waals surface area contributed by atoms with Crippen molar-refractivity contribution in [2.45, 2.75) is 96.8 Å². The van der Waals surface area contributed by atoms with Crippen LogP contribution < -0.4 is 10.5 Å². The second-order valence-corrected chi connectivity index (χ2v) is 8.82. The van der Waals surface area contributed by atoms with Crippen molar-refractivity contribution < 1.29 is 23.7 Å². The molecule has 0 atom stereocenters. The number of rotatable bonds is 24. The highest BCUT2D eigenvalue weighted by Gasteiger charge is 2.03. The summed E-state index contributed by atoms with van der Waals surface area (Å²) < 4.78 is 21.6. The quantitative estimate of drug-likeness (QED) is 0.101. The number of ether oxygens (including phenoxy) is 4. The van der Waals surface area contributed by atoms with Gasteiger partial charge >= 0.3 is 5.97 Å². The summed E-state index contributed by atoms with van der Waals surface area (Å²) in [5.41, 5.74) is 6.43. The Morgan fingerprint density at radius 1 is 0.676 bits per heavy atom. The van der Waals surface area contributed by atoms with Gasteiger partial charge in [-0.2, -0.15) is 0 Å². The molecule has 34 heavy (non-hydrogen) atoms. The van der Waals surface area contributed by atoms with Crippen LogP contribution in [0.3, 0.4) is 0 Å². The molecule has 0 fully saturated rings. The minimum absolute atomic E-state index is 0.125. The fourth-order valence-electron chi connectivity index (χ4n) is 3.72. The van der Waals surface area contributed by atoms with Crippen LogP contribution in [0.25, 0.3) is 0 Å². The molecule has 0 unspecified atom stereocenters. The summed E-state index contributed by atoms with van der Waals surface area (Å²) in [5, 5.41) is 0. The molecule has 0 saturated heterocycles. The second-order valence-electron chi connectivity index (χ2n) is 8.82. The fraction of sp³-hybridized carbons (Fsp3) is 0.750. The van der Waals surface area contributed by atoms with Crippen molar-refractivity contribution in [3.05, 3.63) is 24.3 Å². The average molecular weight is 480 g/mol. The zero-order valence-electron chi connectivity index (χ0n) is 21.6. The van der Waals surface area contributed by atoms with E-state index < -0.39 is 0 Å². The van der Waals surface area contributed by atoms with Gasteiger partial charge < -0.3 is 24.7 Å². The Kier molecular flexibility index (Phi) is 20.4. The first kappa shape index (κ1) is 30.2. The van der Waals surface area contributed by atoms with Crippen molar-refractivity contribution >= 4 is 11.7 Å². The molecule has 0 amide bonds. The molecule has 0 spiro atoms. The molecule has 0 heterocycles. The zero-order valence-corrected chi connectivity index (χ0v) is 21.6. The lowest BCUT2D eigenvalue weighted by Crippen LogP contribution is -2.14. The van der Waals surface area contributed by atoms with Gasteiger partial charge in [0.25, 0.3) is 0 Å². The molecule has 0 bridgehead atoms. The molecule has 6 heteroatoms. The van der Waals surface area contributed by atoms with E-state index in [1.165, 1.54) is 70.6 Å². The van der Waals surface area contributed by atoms with Gasteiger partial charge in [-0.05, 0) is 18.6 Å². The lowest BCUT2D eigenvalue weighted by Gasteiger charge is -2.09. The first-order chi connectivity index (χ1) is 16.7. The van der Waals surface area contributed by atoms with Gasteiger partial charge in [-0.3, -0.25) is 4.79 Å². The summed E-state index contributed by atoms with van der Waals surface area (Å²) in [4.78, 5) is 11.8. The molecular weight excluding hydrogens is 430 g/mol. The van der Waals surface area contributed by atoms with E-state index in [1.54, 1.807) is 6.07 Å². The highest BCUT2D eigenvalue weighted by Crippen LogP contribution is 2.19. The van der Waals surface area contributed by atoms with Crippen LogP contribution in [0, 0.1) is 0 Å². The Morgan fingerprint density at radius 2 is 1.18 bits per heavy atom. The molecule has 1 rings (SSSR count). The van der Waals surface area contributed by atoms with Gasteiger partial charge in [0.2, 0.25) is 0 Å². The van der Waals surface area contributed by atoms with Gasteiger partial charge in [0, 0.05) is 6.42 Å². The van der Waals surface area contributed by atoms with Crippen molar-refractivity contribution in [2.24, 2.45) is 0 Å². The van der Waals surface area contributed by atoms with Gasteiger partial charge in [0.15, 0.2) is 0 Å². The lowest BCUT2D eigenvalue weighted by molar-refractivity contribution is -0.145. The number of carbonyl (C=O) groups excluding carboxylic acids is 1. The highest BCUT2D eigenvalue weighted by molar-refractivity contribution is 5.69. The maximum atomic E-state index is 11.8. The lowest BCUT2D eigenvalue weighted by atomic mass is 10.0. The minimum Gasteiger partial charge on any atom is -0.489 e. The molecular formula is C28H49NO5. The predicted molar refractivity (Wildman–Crippen MR) is 139 cm³/mol. The number of esters is 1. The third-order valence-corrected chi connectivity index (χ3v) is 5.75. The summed E-state index contributed by atoms with van der Waals surface area (Å²) in [6, 6.07) is 7.38. The first-order valence-corrected chi connectivity index (χ1v) is 13.5. The Morgan fingerprint density at radius 3 is 1.76 bits per heavy atom. The smallest absolute Gasteiger partial charge is 0.305 e. The van der Waals surface area contributed by atoms with E-state index in [0.29, 0.717) is 57.5 Å². The molecule has 0 aromatic heterocycles. The Bertz CT molecular complexity index is 596. The Balaban J connectivity index is 1.75. The van der Waals surface area contributed by atoms with Gasteiger partial charge in [-0.15, -0.1) is 0 Å². The summed E-state index contributed by atoms with van der Waals surface area (Å²) >= 11 is 0. The normalized spacial score (nSPS) is 11.0. The van der Waals surface area contributed by atoms with Crippen molar-refractivity contribution in [1.82, 2.24) is 0 Å². The number of carbonyl (C=O) groups is 1. The zero-order chi connectivity index (χ0) is 24.5. The molecule has 0 saturated carbocycles. The first-order valence-electron chi connectivity index (χ1n) is 13.5. The van der Waals surface area contributed by atoms with E-state index in [1.807, 2.05) is 18.2 Å². The van der Waals surface area contributed by atoms with Crippen molar-refractivity contribution in [2.75, 3.05) is 45.4 Å². The highest BCUT2D eigenvalue weighted by atomic mass is 16.6. The van der Waals surface area contributed by atoms with Crippen molar-refractivity contribution in [1.29, 1.82) is 0 Å². The number of anilines is 1. The van der Waals surface area contributed by atoms with Crippen LogP contribution >= 0.6 is 0 Å². The standard InChI is InChI=1S/C28H49NO5/c1-2-3-4-5-6-7-8-9-10-11-12-13-14-19-28(30)34-25-23-32-21-20-31-22-24-33-27-18-16-15-17-26(27)29/h15-18H,2-14,19-25,29H2,1H3. The van der Waals surface area contributed by atoms with E-state index in [4.69, 9.17) is 24.7 Å². The SMILES string of the molecule is CCCCCCCCCCCCCCCC(=O)OCCOCCOCCOc1ccccc1N. The summed E-state index contributed by atoms with van der Waals surface area (Å²) in [7, 11) is 0. The predicted octanol–water partition coefficient (Wildman–Crippen LogP) is 6.71. The number of nitrogens with two attached hydrogens (primary N) is 1. The maximum Gasteiger partial charge on any atom is 0.305 e. The number of para-hydroxylation sites is 2. The number of hydrogen-bond donors (Lipinski definition) is 1. The molecule has 0 aliphatic heterocycles. The largest absolute Gasteiger partial charge is 0.489 e. The molecule has 196 valence electrons. The number of nitrogen functional groups attached to an aromatic ring is 1. The molecule has 0 aliphatic rings. The molecule has 0 aliphatic carbocycles. The van der Waals surface area contributed by atoms with Crippen LogP contribution in [0.4, 0.5) is 5.69 Å². The molecule has 1 aromatic carbocycles. The Hall–Kier alpha value is -1.79. The third-order valence-electron chi connectivity index (χ3n) is 5.75. The van der Waals surface area contributed by atoms with Crippen molar-refractivity contribution in [3.63, 3.8) is 0 Å². The monoisotopic (exact) mass is 479 g/mol. The maximum absolute atomic E-state index is 11.8. The van der Waals surface area contributed by atoms with Crippen LogP contribution in [0.2, 0.25) is 0 Å². The Labute approximate surface area is 207 Å². The van der Waals surface area contributed by atoms with E-state index in [0.717, 1.165) is 12.8 Å². The van der Waals surface area contributed by atoms with Gasteiger partial charge in [0.1, 0.15) is 19.0 Å². The van der Waals surface area contributed by atoms with Crippen LogP contribution in [-0.2, 0) is 19.0 Å². The van der Waals surface area contributed by atoms with E-state index in [2.05, 4.69) is 6.92 Å². The number of unbranched alkanes of at least 4 members (excludes halogenated alkanes) is 12. The van der Waals surface area contributed by atoms with Gasteiger partial charge in [-0.1, -0.05) is 96.1 Å². The third kappa shape index (κ3) is 18.6. The van der Waals surface area contributed by atoms with E-state index in [9.17, 15) is 4.79 Å². The average Bonchev–Trinajstić information content (AvgIpc) is 2.84. The van der Waals surface area contributed by atoms with Crippen LogP contribution in [0.5, 0.6) is 5.75 Å². The topological polar surface area (TPSA) is 80.0 Å². The molecule has 1 aromatic rings. The summed E-state index contributed by atoms with van der Waals surface area (Å²) in [6.07, 6.45) is 17.4. The molecule has 6 nitrogen and oxygen atoms in total. The molecule has 0 radical (unpaired) electrons. The van der Waals surface area contributed by atoms with Crippen LogP contribution in [-0.4, -0.2) is 45.6 Å². The second kappa shape index (κ2) is 23.0. The van der Waals surface area contributed by atoms with Gasteiger partial charge in [0.05, 0.1) is 32.1 Å². The summed E-state index contributed by atoms with van der Waals surface area (Å²) in [5.74, 6) is 0.545. The molecule has 2 N–H and O–H groups in total. The van der Waals surface area contributed by atoms with E-state index >= 15 is 0 Å². The van der Waals surface area contributed by atoms with Crippen molar-refractivity contribution in [3.8, 4) is 5.75 Å².